The molecule has 0 radical (unpaired) electrons. The molecule has 284 valence electrons. The van der Waals surface area contributed by atoms with Gasteiger partial charge in [-0.25, -0.2) is 32.1 Å². The number of allylic oxidation sites excluding steroid dienone is 1. The summed E-state index contributed by atoms with van der Waals surface area (Å²) in [5, 5.41) is 1.96. The van der Waals surface area contributed by atoms with Crippen LogP contribution in [0.15, 0.2) is 113 Å². The molecule has 0 spiro atoms. The molecule has 12 heteroatoms. The van der Waals surface area contributed by atoms with Crippen LogP contribution < -0.4 is 10.1 Å². The minimum absolute atomic E-state index is 0.0184. The fourth-order valence-electron chi connectivity index (χ4n) is 6.28. The molecule has 4 aromatic rings. The number of hydrogen-bond acceptors (Lipinski definition) is 9. The maximum atomic E-state index is 16.0. The number of esters is 1. The van der Waals surface area contributed by atoms with Crippen LogP contribution in [0.3, 0.4) is 0 Å². The molecular weight excluding hydrogens is 710 g/mol. The number of sulfonamides is 1. The summed E-state index contributed by atoms with van der Waals surface area (Å²) in [5.41, 5.74) is 5.96. The molecule has 0 saturated carbocycles. The van der Waals surface area contributed by atoms with Gasteiger partial charge in [0.25, 0.3) is 10.0 Å². The summed E-state index contributed by atoms with van der Waals surface area (Å²) in [7, 11) is -4.43. The number of carbonyl (C=O) groups excluding carboxylic acids is 3. The van der Waals surface area contributed by atoms with E-state index in [-0.39, 0.29) is 40.8 Å². The molecule has 5 rings (SSSR count). The molecule has 1 aliphatic heterocycles. The highest BCUT2D eigenvalue weighted by atomic mass is 32.2. The normalized spacial score (nSPS) is 14.9. The average molecular weight is 756 g/mol. The Labute approximate surface area is 316 Å². The Morgan fingerprint density at radius 1 is 0.870 bits per heavy atom. The highest BCUT2D eigenvalue weighted by molar-refractivity contribution is 7.90. The molecule has 0 fully saturated rings. The third-order valence-electron chi connectivity index (χ3n) is 8.67. The lowest BCUT2D eigenvalue weighted by molar-refractivity contribution is -0.140. The van der Waals surface area contributed by atoms with E-state index in [0.717, 1.165) is 6.42 Å². The summed E-state index contributed by atoms with van der Waals surface area (Å²) in [4.78, 5) is 39.0. The molecule has 10 nitrogen and oxygen atoms in total. The van der Waals surface area contributed by atoms with Crippen LogP contribution in [-0.2, 0) is 37.3 Å². The fraction of sp³-hybridized carbons (Fsp3) is 0.310. The third-order valence-corrected chi connectivity index (χ3v) is 10.0. The highest BCUT2D eigenvalue weighted by Crippen LogP contribution is 2.33. The van der Waals surface area contributed by atoms with Gasteiger partial charge in [0.1, 0.15) is 18.0 Å². The second-order valence-electron chi connectivity index (χ2n) is 14.4. The van der Waals surface area contributed by atoms with Gasteiger partial charge in [-0.2, -0.15) is 0 Å². The van der Waals surface area contributed by atoms with Gasteiger partial charge in [-0.05, 0) is 68.9 Å². The van der Waals surface area contributed by atoms with Gasteiger partial charge in [0, 0.05) is 34.5 Å². The van der Waals surface area contributed by atoms with Gasteiger partial charge < -0.3 is 14.9 Å². The maximum absolute atomic E-state index is 16.0. The van der Waals surface area contributed by atoms with Gasteiger partial charge in [-0.15, -0.1) is 0 Å². The summed E-state index contributed by atoms with van der Waals surface area (Å²) >= 11 is 0. The number of ketones is 1. The number of hydrogen-bond donors (Lipinski definition) is 2. The number of benzene rings is 4. The number of nitrogens with one attached hydrogen (secondary N) is 2. The Morgan fingerprint density at radius 3 is 2.22 bits per heavy atom. The first-order valence-electron chi connectivity index (χ1n) is 17.8. The van der Waals surface area contributed by atoms with Gasteiger partial charge >= 0.3 is 12.1 Å². The predicted octanol–water partition coefficient (Wildman–Crippen LogP) is 7.73. The van der Waals surface area contributed by atoms with Crippen LogP contribution in [0, 0.1) is 11.7 Å². The van der Waals surface area contributed by atoms with Gasteiger partial charge in [0.05, 0.1) is 16.5 Å². The number of hydrazine groups is 1. The van der Waals surface area contributed by atoms with E-state index in [2.05, 4.69) is 5.43 Å². The Hall–Kier alpha value is -5.33. The minimum Gasteiger partial charge on any atom is -0.457 e. The summed E-state index contributed by atoms with van der Waals surface area (Å²) < 4.78 is 55.4. The van der Waals surface area contributed by atoms with E-state index in [0.29, 0.717) is 40.1 Å². The van der Waals surface area contributed by atoms with Crippen LogP contribution in [0.4, 0.5) is 9.18 Å². The molecule has 2 N–H and O–H groups in total. The van der Waals surface area contributed by atoms with Crippen molar-refractivity contribution in [2.45, 2.75) is 77.5 Å². The number of nitrogens with zero attached hydrogens (tertiary/aromatic N) is 1. The van der Waals surface area contributed by atoms with Gasteiger partial charge in [-0.3, -0.25) is 4.79 Å². The van der Waals surface area contributed by atoms with Crippen molar-refractivity contribution in [2.24, 2.45) is 5.92 Å². The SMILES string of the molecule is CCCN1NC(C(C)C)=C(C(=O)OCc2cccc(C(=O)c3ccccc3)c2)C1Cc1ccc(-c2ccccc2S(=O)(=O)NC(=O)OC(C)(C)C)c(F)c1. The van der Waals surface area contributed by atoms with Crippen molar-refractivity contribution in [3.05, 3.63) is 136 Å². The molecule has 0 bridgehead atoms. The van der Waals surface area contributed by atoms with E-state index in [1.165, 1.54) is 30.3 Å². The van der Waals surface area contributed by atoms with Gasteiger partial charge in [0.15, 0.2) is 5.78 Å². The Morgan fingerprint density at radius 2 is 1.56 bits per heavy atom. The molecule has 1 aliphatic rings. The second-order valence-corrected chi connectivity index (χ2v) is 16.0. The summed E-state index contributed by atoms with van der Waals surface area (Å²) in [5.74, 6) is -1.40. The quantitative estimate of drug-likeness (QED) is 0.104. The summed E-state index contributed by atoms with van der Waals surface area (Å²) in [6, 6.07) is 25.8. The van der Waals surface area contributed by atoms with E-state index >= 15 is 4.39 Å². The Bertz CT molecular complexity index is 2160. The van der Waals surface area contributed by atoms with Crippen molar-refractivity contribution in [2.75, 3.05) is 6.54 Å². The first kappa shape index (κ1) is 39.9. The minimum atomic E-state index is -4.43. The molecular formula is C42H46FN3O7S. The fourth-order valence-corrected chi connectivity index (χ4v) is 7.38. The van der Waals surface area contributed by atoms with Crippen LogP contribution in [-0.4, -0.2) is 49.5 Å². The molecule has 1 amide bonds. The third kappa shape index (κ3) is 9.61. The second kappa shape index (κ2) is 16.8. The average Bonchev–Trinajstić information content (AvgIpc) is 3.47. The van der Waals surface area contributed by atoms with Crippen molar-refractivity contribution in [3.8, 4) is 11.1 Å². The van der Waals surface area contributed by atoms with Gasteiger partial charge in [0.2, 0.25) is 0 Å². The topological polar surface area (TPSA) is 131 Å². The lowest BCUT2D eigenvalue weighted by Gasteiger charge is -2.26. The zero-order valence-corrected chi connectivity index (χ0v) is 32.1. The van der Waals surface area contributed by atoms with E-state index in [1.807, 2.05) is 36.6 Å². The molecule has 0 aromatic heterocycles. The van der Waals surface area contributed by atoms with Crippen LogP contribution in [0.25, 0.3) is 11.1 Å². The Balaban J connectivity index is 1.38. The maximum Gasteiger partial charge on any atom is 0.421 e. The van der Waals surface area contributed by atoms with E-state index in [4.69, 9.17) is 9.47 Å². The standard InChI is InChI=1S/C42H46FN3O7S/c1-7-22-46-35(25-28-20-21-32(34(43)24-28)33-18-11-12-19-36(33)54(50,51)45-41(49)53-42(4,5)6)37(38(44-46)27(2)3)40(48)52-26-29-14-13-17-31(23-29)39(47)30-15-9-8-10-16-30/h8-21,23-24,27,35,44H,7,22,25-26H2,1-6H3,(H,45,49). The predicted molar refractivity (Wildman–Crippen MR) is 204 cm³/mol. The van der Waals surface area contributed by atoms with Crippen molar-refractivity contribution < 1.29 is 36.7 Å². The van der Waals surface area contributed by atoms with Crippen LogP contribution >= 0.6 is 0 Å². The molecule has 0 aliphatic carbocycles. The molecule has 0 saturated heterocycles. The van der Waals surface area contributed by atoms with Crippen LogP contribution in [0.2, 0.25) is 0 Å². The van der Waals surface area contributed by atoms with Crippen LogP contribution in [0.5, 0.6) is 0 Å². The number of carbonyl (C=O) groups is 3. The largest absolute Gasteiger partial charge is 0.457 e. The van der Waals surface area contributed by atoms with Crippen LogP contribution in [0.1, 0.15) is 75.0 Å². The van der Waals surface area contributed by atoms with Crippen molar-refractivity contribution in [1.29, 1.82) is 0 Å². The zero-order chi connectivity index (χ0) is 39.2. The van der Waals surface area contributed by atoms with Crippen molar-refractivity contribution in [3.63, 3.8) is 0 Å². The van der Waals surface area contributed by atoms with Crippen molar-refractivity contribution >= 4 is 27.9 Å². The molecule has 1 heterocycles. The lowest BCUT2D eigenvalue weighted by atomic mass is 9.94. The van der Waals surface area contributed by atoms with Crippen molar-refractivity contribution in [1.82, 2.24) is 15.2 Å². The van der Waals surface area contributed by atoms with Gasteiger partial charge in [-0.1, -0.05) is 99.6 Å². The molecule has 54 heavy (non-hydrogen) atoms. The summed E-state index contributed by atoms with van der Waals surface area (Å²) in [6.07, 6.45) is -0.133. The lowest BCUT2D eigenvalue weighted by Crippen LogP contribution is -2.42. The highest BCUT2D eigenvalue weighted by Gasteiger charge is 2.38. The molecule has 1 atom stereocenters. The number of ether oxygens (including phenoxy) is 2. The smallest absolute Gasteiger partial charge is 0.421 e. The molecule has 4 aromatic carbocycles. The number of rotatable bonds is 13. The Kier molecular flexibility index (Phi) is 12.4. The molecule has 1 unspecified atom stereocenters. The first-order valence-corrected chi connectivity index (χ1v) is 19.3. The number of halogens is 1. The number of amides is 1. The van der Waals surface area contributed by atoms with E-state index < -0.39 is 39.5 Å². The zero-order valence-electron chi connectivity index (χ0n) is 31.3. The first-order chi connectivity index (χ1) is 25.6. The van der Waals surface area contributed by atoms with E-state index in [9.17, 15) is 22.8 Å². The monoisotopic (exact) mass is 755 g/mol. The van der Waals surface area contributed by atoms with E-state index in [1.54, 1.807) is 81.4 Å². The summed E-state index contributed by atoms with van der Waals surface area (Å²) in [6.45, 7) is 11.3.